The van der Waals surface area contributed by atoms with E-state index in [9.17, 15) is 4.79 Å². The average Bonchev–Trinajstić information content (AvgIpc) is 2.91. The molecule has 118 valence electrons. The number of carbonyl (C=O) groups excluding carboxylic acids is 1. The van der Waals surface area contributed by atoms with Gasteiger partial charge in [-0.15, -0.1) is 0 Å². The van der Waals surface area contributed by atoms with Crippen molar-refractivity contribution in [2.24, 2.45) is 7.05 Å². The molecule has 1 unspecified atom stereocenters. The fraction of sp³-hybridized carbons (Fsp3) is 0.294. The van der Waals surface area contributed by atoms with Crippen LogP contribution in [-0.2, 0) is 7.05 Å². The lowest BCUT2D eigenvalue weighted by Gasteiger charge is -2.12. The number of Topliss-reactive ketones (excluding diaryl/α,β-unsaturated/α-hetero) is 1. The number of rotatable bonds is 4. The van der Waals surface area contributed by atoms with Gasteiger partial charge in [0.1, 0.15) is 11.4 Å². The second kappa shape index (κ2) is 6.12. The molecule has 1 atom stereocenters. The molecule has 0 radical (unpaired) electrons. The summed E-state index contributed by atoms with van der Waals surface area (Å²) < 4.78 is 1.71. The van der Waals surface area contributed by atoms with Crippen LogP contribution in [0, 0.1) is 13.8 Å². The lowest BCUT2D eigenvalue weighted by atomic mass is 10.0. The quantitative estimate of drug-likeness (QED) is 0.418. The molecular weight excluding hydrogens is 308 g/mol. The van der Waals surface area contributed by atoms with Crippen LogP contribution >= 0.6 is 11.8 Å². The van der Waals surface area contributed by atoms with E-state index in [1.807, 2.05) is 46.0 Å². The van der Waals surface area contributed by atoms with Crippen molar-refractivity contribution in [2.75, 3.05) is 0 Å². The number of aromatic nitrogens is 4. The first-order valence-corrected chi connectivity index (χ1v) is 8.26. The molecule has 0 amide bonds. The molecule has 6 heteroatoms. The summed E-state index contributed by atoms with van der Waals surface area (Å²) in [7, 11) is 1.84. The minimum atomic E-state index is -0.228. The largest absolute Gasteiger partial charge is 0.293 e. The van der Waals surface area contributed by atoms with Crippen molar-refractivity contribution in [1.29, 1.82) is 0 Å². The maximum atomic E-state index is 12.8. The zero-order valence-corrected chi connectivity index (χ0v) is 14.4. The molecule has 0 aliphatic carbocycles. The highest BCUT2D eigenvalue weighted by Crippen LogP contribution is 2.29. The molecule has 0 saturated carbocycles. The van der Waals surface area contributed by atoms with Crippen molar-refractivity contribution in [3.63, 3.8) is 0 Å². The Hall–Kier alpha value is -2.21. The third-order valence-electron chi connectivity index (χ3n) is 3.81. The van der Waals surface area contributed by atoms with Crippen LogP contribution in [0.4, 0.5) is 0 Å². The lowest BCUT2D eigenvalue weighted by Crippen LogP contribution is -2.15. The van der Waals surface area contributed by atoms with E-state index in [4.69, 9.17) is 0 Å². The molecule has 23 heavy (non-hydrogen) atoms. The van der Waals surface area contributed by atoms with Gasteiger partial charge in [0.05, 0.1) is 16.8 Å². The standard InChI is InChI=1S/C17H18N4OS/c1-10-5-6-11(2)13(7-10)15(22)12(3)23-17-14-8-20-21(4)16(14)18-9-19-17/h5-9,12H,1-4H3. The molecule has 5 nitrogen and oxygen atoms in total. The Morgan fingerprint density at radius 3 is 2.83 bits per heavy atom. The Morgan fingerprint density at radius 1 is 1.26 bits per heavy atom. The van der Waals surface area contributed by atoms with E-state index in [1.165, 1.54) is 18.1 Å². The number of aryl methyl sites for hydroxylation is 3. The van der Waals surface area contributed by atoms with Crippen molar-refractivity contribution in [3.05, 3.63) is 47.4 Å². The van der Waals surface area contributed by atoms with E-state index in [0.29, 0.717) is 0 Å². The van der Waals surface area contributed by atoms with Crippen LogP contribution in [0.1, 0.15) is 28.4 Å². The maximum absolute atomic E-state index is 12.8. The SMILES string of the molecule is Cc1ccc(C)c(C(=O)C(C)Sc2ncnc3c2cnn3C)c1. The number of carbonyl (C=O) groups is 1. The van der Waals surface area contributed by atoms with Crippen LogP contribution in [0.5, 0.6) is 0 Å². The van der Waals surface area contributed by atoms with Gasteiger partial charge in [-0.05, 0) is 32.4 Å². The maximum Gasteiger partial charge on any atom is 0.176 e. The molecule has 0 aliphatic rings. The first-order valence-electron chi connectivity index (χ1n) is 7.38. The van der Waals surface area contributed by atoms with Gasteiger partial charge in [0.15, 0.2) is 11.4 Å². The number of benzene rings is 1. The van der Waals surface area contributed by atoms with Gasteiger partial charge in [-0.2, -0.15) is 5.10 Å². The van der Waals surface area contributed by atoms with Gasteiger partial charge in [-0.25, -0.2) is 9.97 Å². The lowest BCUT2D eigenvalue weighted by molar-refractivity contribution is 0.0993. The summed E-state index contributed by atoms with van der Waals surface area (Å²) in [5, 5.41) is 5.64. The molecule has 0 fully saturated rings. The number of fused-ring (bicyclic) bond motifs is 1. The monoisotopic (exact) mass is 326 g/mol. The van der Waals surface area contributed by atoms with Gasteiger partial charge in [0.25, 0.3) is 0 Å². The predicted octanol–water partition coefficient (Wildman–Crippen LogP) is 3.34. The number of hydrogen-bond acceptors (Lipinski definition) is 5. The number of nitrogens with zero attached hydrogens (tertiary/aromatic N) is 4. The summed E-state index contributed by atoms with van der Waals surface area (Å²) in [4.78, 5) is 21.3. The molecule has 0 bridgehead atoms. The summed E-state index contributed by atoms with van der Waals surface area (Å²) >= 11 is 1.45. The Balaban J connectivity index is 1.90. The first-order chi connectivity index (χ1) is 11.0. The topological polar surface area (TPSA) is 60.7 Å². The fourth-order valence-corrected chi connectivity index (χ4v) is 3.42. The number of hydrogen-bond donors (Lipinski definition) is 0. The predicted molar refractivity (Wildman–Crippen MR) is 91.9 cm³/mol. The highest BCUT2D eigenvalue weighted by atomic mass is 32.2. The number of ketones is 1. The van der Waals surface area contributed by atoms with E-state index in [2.05, 4.69) is 15.1 Å². The summed E-state index contributed by atoms with van der Waals surface area (Å²) in [6.07, 6.45) is 3.26. The third-order valence-corrected chi connectivity index (χ3v) is 4.93. The molecule has 2 heterocycles. The van der Waals surface area contributed by atoms with Crippen LogP contribution in [0.3, 0.4) is 0 Å². The molecule has 0 aliphatic heterocycles. The van der Waals surface area contributed by atoms with Crippen molar-refractivity contribution < 1.29 is 4.79 Å². The molecule has 1 aromatic carbocycles. The van der Waals surface area contributed by atoms with Crippen LogP contribution in [0.15, 0.2) is 35.7 Å². The minimum absolute atomic E-state index is 0.117. The molecule has 0 spiro atoms. The van der Waals surface area contributed by atoms with Gasteiger partial charge in [-0.3, -0.25) is 9.48 Å². The molecular formula is C17H18N4OS. The first kappa shape index (κ1) is 15.7. The Labute approximate surface area is 139 Å². The van der Waals surface area contributed by atoms with Gasteiger partial charge in [0, 0.05) is 12.6 Å². The summed E-state index contributed by atoms with van der Waals surface area (Å²) in [5.41, 5.74) is 3.64. The van der Waals surface area contributed by atoms with E-state index < -0.39 is 0 Å². The Bertz CT molecular complexity index is 887. The van der Waals surface area contributed by atoms with Crippen molar-refractivity contribution in [3.8, 4) is 0 Å². The minimum Gasteiger partial charge on any atom is -0.293 e. The fourth-order valence-electron chi connectivity index (χ4n) is 2.48. The Morgan fingerprint density at radius 2 is 2.04 bits per heavy atom. The Kier molecular flexibility index (Phi) is 4.17. The van der Waals surface area contributed by atoms with E-state index in [1.54, 1.807) is 10.9 Å². The smallest absolute Gasteiger partial charge is 0.176 e. The van der Waals surface area contributed by atoms with Crippen LogP contribution in [-0.4, -0.2) is 30.8 Å². The third kappa shape index (κ3) is 2.99. The summed E-state index contributed by atoms with van der Waals surface area (Å²) in [5.74, 6) is 0.117. The molecule has 3 rings (SSSR count). The van der Waals surface area contributed by atoms with Gasteiger partial charge < -0.3 is 0 Å². The van der Waals surface area contributed by atoms with Gasteiger partial charge in [0.2, 0.25) is 0 Å². The number of thioether (sulfide) groups is 1. The second-order valence-electron chi connectivity index (χ2n) is 5.63. The zero-order chi connectivity index (χ0) is 16.6. The molecule has 2 aromatic heterocycles. The van der Waals surface area contributed by atoms with Crippen molar-refractivity contribution in [2.45, 2.75) is 31.0 Å². The van der Waals surface area contributed by atoms with Gasteiger partial charge >= 0.3 is 0 Å². The second-order valence-corrected chi connectivity index (χ2v) is 6.96. The summed E-state index contributed by atoms with van der Waals surface area (Å²) in [6.45, 7) is 5.88. The molecule has 0 saturated heterocycles. The average molecular weight is 326 g/mol. The van der Waals surface area contributed by atoms with Crippen LogP contribution < -0.4 is 0 Å². The van der Waals surface area contributed by atoms with E-state index in [0.717, 1.165) is 32.7 Å². The van der Waals surface area contributed by atoms with Gasteiger partial charge in [-0.1, -0.05) is 29.5 Å². The van der Waals surface area contributed by atoms with Crippen molar-refractivity contribution >= 4 is 28.6 Å². The van der Waals surface area contributed by atoms with Crippen LogP contribution in [0.2, 0.25) is 0 Å². The van der Waals surface area contributed by atoms with E-state index in [-0.39, 0.29) is 11.0 Å². The normalized spacial score (nSPS) is 12.5. The highest BCUT2D eigenvalue weighted by Gasteiger charge is 2.20. The van der Waals surface area contributed by atoms with E-state index >= 15 is 0 Å². The molecule has 3 aromatic rings. The molecule has 0 N–H and O–H groups in total. The highest BCUT2D eigenvalue weighted by molar-refractivity contribution is 8.00. The van der Waals surface area contributed by atoms with Crippen LogP contribution in [0.25, 0.3) is 11.0 Å². The van der Waals surface area contributed by atoms with Crippen molar-refractivity contribution in [1.82, 2.24) is 19.7 Å². The zero-order valence-electron chi connectivity index (χ0n) is 13.6. The summed E-state index contributed by atoms with van der Waals surface area (Å²) in [6, 6.07) is 5.96.